The number of anilines is 1. The van der Waals surface area contributed by atoms with Gasteiger partial charge < -0.3 is 10.6 Å². The van der Waals surface area contributed by atoms with Crippen molar-refractivity contribution in [3.05, 3.63) is 16.8 Å². The molecule has 0 radical (unpaired) electrons. The Hall–Kier alpha value is -0.580. The molecule has 2 rings (SSSR count). The molecule has 0 aromatic carbocycles. The topological polar surface area (TPSA) is 41.1 Å². The number of carbonyl (C=O) groups excluding carboxylic acids is 1. The van der Waals surface area contributed by atoms with Crippen LogP contribution < -0.4 is 10.6 Å². The molecule has 2 heterocycles. The van der Waals surface area contributed by atoms with Gasteiger partial charge in [0, 0.05) is 5.38 Å². The van der Waals surface area contributed by atoms with Gasteiger partial charge in [0.05, 0.1) is 11.2 Å². The molecular formula is C11H17ClN2OS. The number of hydrogen-bond acceptors (Lipinski definition) is 3. The molecule has 1 aliphatic heterocycles. The third-order valence-corrected chi connectivity index (χ3v) is 3.58. The van der Waals surface area contributed by atoms with Gasteiger partial charge in [0.2, 0.25) is 5.91 Å². The third-order valence-electron chi connectivity index (χ3n) is 2.90. The fraction of sp³-hybridized carbons (Fsp3) is 0.545. The van der Waals surface area contributed by atoms with Crippen LogP contribution in [0.5, 0.6) is 0 Å². The van der Waals surface area contributed by atoms with Crippen molar-refractivity contribution in [1.29, 1.82) is 0 Å². The number of halogens is 1. The van der Waals surface area contributed by atoms with E-state index in [-0.39, 0.29) is 23.9 Å². The van der Waals surface area contributed by atoms with Gasteiger partial charge in [-0.3, -0.25) is 4.79 Å². The highest BCUT2D eigenvalue weighted by Crippen LogP contribution is 2.21. The molecule has 1 aromatic rings. The molecule has 2 N–H and O–H groups in total. The summed E-state index contributed by atoms with van der Waals surface area (Å²) in [6, 6.07) is 1.93. The lowest BCUT2D eigenvalue weighted by Crippen LogP contribution is -2.54. The molecule has 1 saturated heterocycles. The molecular weight excluding hydrogens is 244 g/mol. The van der Waals surface area contributed by atoms with E-state index < -0.39 is 0 Å². The maximum atomic E-state index is 12.0. The Labute approximate surface area is 106 Å². The fourth-order valence-electron chi connectivity index (χ4n) is 1.85. The highest BCUT2D eigenvalue weighted by molar-refractivity contribution is 7.08. The van der Waals surface area contributed by atoms with Crippen LogP contribution in [0.3, 0.4) is 0 Å². The molecule has 5 heteroatoms. The summed E-state index contributed by atoms with van der Waals surface area (Å²) < 4.78 is 0. The van der Waals surface area contributed by atoms with E-state index in [1.165, 1.54) is 6.42 Å². The summed E-state index contributed by atoms with van der Waals surface area (Å²) in [5.74, 6) is 0.0839. The van der Waals surface area contributed by atoms with Gasteiger partial charge in [0.25, 0.3) is 0 Å². The Morgan fingerprint density at radius 3 is 2.94 bits per heavy atom. The van der Waals surface area contributed by atoms with Crippen LogP contribution in [0, 0.1) is 0 Å². The highest BCUT2D eigenvalue weighted by Gasteiger charge is 2.34. The van der Waals surface area contributed by atoms with Gasteiger partial charge in [0.1, 0.15) is 0 Å². The second-order valence-electron chi connectivity index (χ2n) is 4.18. The molecule has 0 saturated carbocycles. The number of rotatable bonds is 2. The Morgan fingerprint density at radius 1 is 1.56 bits per heavy atom. The molecule has 1 aromatic heterocycles. The summed E-state index contributed by atoms with van der Waals surface area (Å²) in [5, 5.41) is 10.2. The largest absolute Gasteiger partial charge is 0.324 e. The molecule has 0 spiro atoms. The van der Waals surface area contributed by atoms with Crippen LogP contribution in [-0.2, 0) is 4.79 Å². The molecule has 1 amide bonds. The smallest absolute Gasteiger partial charge is 0.244 e. The van der Waals surface area contributed by atoms with Crippen molar-refractivity contribution in [3.8, 4) is 0 Å². The van der Waals surface area contributed by atoms with Crippen LogP contribution in [0.4, 0.5) is 5.69 Å². The van der Waals surface area contributed by atoms with Gasteiger partial charge >= 0.3 is 0 Å². The summed E-state index contributed by atoms with van der Waals surface area (Å²) in [4.78, 5) is 12.0. The van der Waals surface area contributed by atoms with Crippen LogP contribution in [0.2, 0.25) is 0 Å². The SMILES string of the molecule is CC1(C(=O)Nc2ccsc2)CCCCN1.Cl. The van der Waals surface area contributed by atoms with Crippen molar-refractivity contribution in [2.24, 2.45) is 0 Å². The quantitative estimate of drug-likeness (QED) is 0.858. The minimum absolute atomic E-state index is 0. The van der Waals surface area contributed by atoms with Crippen molar-refractivity contribution < 1.29 is 4.79 Å². The predicted molar refractivity (Wildman–Crippen MR) is 70.5 cm³/mol. The summed E-state index contributed by atoms with van der Waals surface area (Å²) in [7, 11) is 0. The Kier molecular flexibility index (Phi) is 4.77. The van der Waals surface area contributed by atoms with E-state index in [0.29, 0.717) is 0 Å². The summed E-state index contributed by atoms with van der Waals surface area (Å²) >= 11 is 1.59. The van der Waals surface area contributed by atoms with E-state index in [1.807, 2.05) is 23.8 Å². The number of thiophene rings is 1. The molecule has 0 bridgehead atoms. The zero-order valence-electron chi connectivity index (χ0n) is 9.29. The lowest BCUT2D eigenvalue weighted by Gasteiger charge is -2.33. The Bertz CT molecular complexity index is 334. The van der Waals surface area contributed by atoms with Crippen molar-refractivity contribution >= 4 is 35.3 Å². The average molecular weight is 261 g/mol. The number of nitrogens with one attached hydrogen (secondary N) is 2. The second-order valence-corrected chi connectivity index (χ2v) is 4.96. The summed E-state index contributed by atoms with van der Waals surface area (Å²) in [6.07, 6.45) is 3.21. The maximum absolute atomic E-state index is 12.0. The number of piperidine rings is 1. The third kappa shape index (κ3) is 2.97. The lowest BCUT2D eigenvalue weighted by molar-refractivity contribution is -0.122. The van der Waals surface area contributed by atoms with Crippen LogP contribution >= 0.6 is 23.7 Å². The molecule has 1 aliphatic rings. The highest BCUT2D eigenvalue weighted by atomic mass is 35.5. The van der Waals surface area contributed by atoms with E-state index in [2.05, 4.69) is 10.6 Å². The number of amides is 1. The first-order chi connectivity index (χ1) is 7.21. The van der Waals surface area contributed by atoms with Crippen LogP contribution in [0.1, 0.15) is 26.2 Å². The minimum atomic E-state index is -0.389. The minimum Gasteiger partial charge on any atom is -0.324 e. The Balaban J connectivity index is 0.00000128. The van der Waals surface area contributed by atoms with Gasteiger partial charge in [-0.05, 0) is 44.2 Å². The van der Waals surface area contributed by atoms with Gasteiger partial charge in [-0.15, -0.1) is 12.4 Å². The van der Waals surface area contributed by atoms with Gasteiger partial charge in [-0.25, -0.2) is 0 Å². The van der Waals surface area contributed by atoms with Gasteiger partial charge in [-0.1, -0.05) is 0 Å². The zero-order valence-corrected chi connectivity index (χ0v) is 10.9. The molecule has 16 heavy (non-hydrogen) atoms. The van der Waals surface area contributed by atoms with E-state index in [1.54, 1.807) is 11.3 Å². The van der Waals surface area contributed by atoms with E-state index >= 15 is 0 Å². The van der Waals surface area contributed by atoms with E-state index in [4.69, 9.17) is 0 Å². The lowest BCUT2D eigenvalue weighted by atomic mass is 9.90. The van der Waals surface area contributed by atoms with Gasteiger partial charge in [0.15, 0.2) is 0 Å². The molecule has 90 valence electrons. The number of carbonyl (C=O) groups is 1. The van der Waals surface area contributed by atoms with Crippen molar-refractivity contribution in [2.45, 2.75) is 31.7 Å². The first kappa shape index (κ1) is 13.5. The van der Waals surface area contributed by atoms with Crippen LogP contribution in [0.25, 0.3) is 0 Å². The first-order valence-corrected chi connectivity index (χ1v) is 6.24. The maximum Gasteiger partial charge on any atom is 0.244 e. The standard InChI is InChI=1S/C11H16N2OS.ClH/c1-11(5-2-3-6-12-11)10(14)13-9-4-7-15-8-9;/h4,7-8,12H,2-3,5-6H2,1H3,(H,13,14);1H. The Morgan fingerprint density at radius 2 is 2.38 bits per heavy atom. The first-order valence-electron chi connectivity index (χ1n) is 5.29. The number of hydrogen-bond donors (Lipinski definition) is 2. The monoisotopic (exact) mass is 260 g/mol. The van der Waals surface area contributed by atoms with Crippen LogP contribution in [0.15, 0.2) is 16.8 Å². The second kappa shape index (κ2) is 5.66. The van der Waals surface area contributed by atoms with E-state index in [0.717, 1.165) is 25.1 Å². The van der Waals surface area contributed by atoms with Gasteiger partial charge in [-0.2, -0.15) is 11.3 Å². The van der Waals surface area contributed by atoms with Crippen molar-refractivity contribution in [1.82, 2.24) is 5.32 Å². The van der Waals surface area contributed by atoms with Crippen molar-refractivity contribution in [2.75, 3.05) is 11.9 Å². The summed E-state index contributed by atoms with van der Waals surface area (Å²) in [5.41, 5.74) is 0.513. The normalized spacial score (nSPS) is 24.6. The zero-order chi connectivity index (χ0) is 10.7. The summed E-state index contributed by atoms with van der Waals surface area (Å²) in [6.45, 7) is 2.92. The average Bonchev–Trinajstić information content (AvgIpc) is 2.71. The van der Waals surface area contributed by atoms with E-state index in [9.17, 15) is 4.79 Å². The molecule has 1 unspecified atom stereocenters. The van der Waals surface area contributed by atoms with Crippen molar-refractivity contribution in [3.63, 3.8) is 0 Å². The van der Waals surface area contributed by atoms with Crippen LogP contribution in [-0.4, -0.2) is 18.0 Å². The molecule has 0 aliphatic carbocycles. The fourth-order valence-corrected chi connectivity index (χ4v) is 2.44. The molecule has 3 nitrogen and oxygen atoms in total. The molecule has 1 atom stereocenters. The molecule has 1 fully saturated rings. The predicted octanol–water partition coefficient (Wildman–Crippen LogP) is 2.64.